The summed E-state index contributed by atoms with van der Waals surface area (Å²) in [6.45, 7) is 4.60. The van der Waals surface area contributed by atoms with Gasteiger partial charge in [-0.05, 0) is 75.8 Å². The smallest absolute Gasteiger partial charge is 0.164 e. The van der Waals surface area contributed by atoms with Gasteiger partial charge in [0, 0.05) is 55.4 Å². The first kappa shape index (κ1) is 33.5. The molecule has 3 aromatic heterocycles. The molecular weight excluding hydrogens is 721 g/mol. The number of rotatable bonds is 5. The van der Waals surface area contributed by atoms with Crippen molar-refractivity contribution in [2.24, 2.45) is 0 Å². The number of nitrogens with zero attached hydrogens (tertiary/aromatic N) is 4. The summed E-state index contributed by atoms with van der Waals surface area (Å²) in [5.41, 5.74) is 15.1. The predicted octanol–water partition coefficient (Wildman–Crippen LogP) is 13.8. The summed E-state index contributed by atoms with van der Waals surface area (Å²) in [7, 11) is 0. The fraction of sp³-hybridized carbons (Fsp3) is 0.0556. The first-order valence-corrected chi connectivity index (χ1v) is 20.1. The average molecular weight is 757 g/mol. The molecule has 5 heteroatoms. The topological polar surface area (TPSA) is 56.7 Å². The molecule has 12 rings (SSSR count). The second-order valence-corrected chi connectivity index (χ2v) is 16.0. The van der Waals surface area contributed by atoms with Gasteiger partial charge in [0.05, 0.1) is 11.0 Å². The Morgan fingerprint density at radius 3 is 1.75 bits per heavy atom. The van der Waals surface area contributed by atoms with E-state index in [9.17, 15) is 0 Å². The molecule has 0 fully saturated rings. The summed E-state index contributed by atoms with van der Waals surface area (Å²) in [6, 6.07) is 64.3. The van der Waals surface area contributed by atoms with Gasteiger partial charge in [-0.2, -0.15) is 0 Å². The van der Waals surface area contributed by atoms with Crippen LogP contribution in [0.2, 0.25) is 0 Å². The fourth-order valence-electron chi connectivity index (χ4n) is 9.30. The molecule has 0 radical (unpaired) electrons. The van der Waals surface area contributed by atoms with Crippen molar-refractivity contribution in [1.29, 1.82) is 0 Å². The van der Waals surface area contributed by atoms with E-state index in [1.165, 1.54) is 44.2 Å². The second-order valence-electron chi connectivity index (χ2n) is 16.0. The van der Waals surface area contributed by atoms with Crippen molar-refractivity contribution >= 4 is 43.7 Å². The van der Waals surface area contributed by atoms with Crippen molar-refractivity contribution < 1.29 is 4.42 Å². The summed E-state index contributed by atoms with van der Waals surface area (Å²) < 4.78 is 9.07. The van der Waals surface area contributed by atoms with Crippen LogP contribution in [-0.4, -0.2) is 19.5 Å². The first-order chi connectivity index (χ1) is 29.0. The molecule has 0 atom stereocenters. The first-order valence-electron chi connectivity index (χ1n) is 20.1. The zero-order valence-corrected chi connectivity index (χ0v) is 32.5. The van der Waals surface area contributed by atoms with E-state index in [1.807, 2.05) is 30.3 Å². The van der Waals surface area contributed by atoms with Gasteiger partial charge in [0.1, 0.15) is 11.2 Å². The predicted molar refractivity (Wildman–Crippen MR) is 241 cm³/mol. The van der Waals surface area contributed by atoms with Gasteiger partial charge in [-0.25, -0.2) is 15.0 Å². The third-order valence-corrected chi connectivity index (χ3v) is 12.3. The number of fused-ring (bicyclic) bond motifs is 9. The number of aromatic nitrogens is 4. The molecule has 11 aromatic rings. The third kappa shape index (κ3) is 5.21. The summed E-state index contributed by atoms with van der Waals surface area (Å²) >= 11 is 0. The Kier molecular flexibility index (Phi) is 7.20. The summed E-state index contributed by atoms with van der Waals surface area (Å²) in [5.74, 6) is 1.86. The molecule has 0 saturated heterocycles. The Hall–Kier alpha value is -7.63. The molecule has 8 aromatic carbocycles. The molecule has 0 saturated carbocycles. The van der Waals surface area contributed by atoms with Gasteiger partial charge < -0.3 is 8.98 Å². The summed E-state index contributed by atoms with van der Waals surface area (Å²) in [4.78, 5) is 15.3. The van der Waals surface area contributed by atoms with Gasteiger partial charge in [-0.1, -0.05) is 147 Å². The van der Waals surface area contributed by atoms with Crippen molar-refractivity contribution in [3.05, 3.63) is 193 Å². The molecule has 0 amide bonds. The Morgan fingerprint density at radius 2 is 0.949 bits per heavy atom. The van der Waals surface area contributed by atoms with Crippen LogP contribution in [0.15, 0.2) is 186 Å². The second kappa shape index (κ2) is 12.7. The SMILES string of the molecule is CC1(C)c2ccccc2-c2ccc(-c3nc(-c4ccccc4)nc(-c4ccc5c(c4)oc4cc(-n6c7ccccc7c7ccc(-c8ccccc8)cc76)ccc45)n3)cc21. The lowest BCUT2D eigenvalue weighted by Crippen LogP contribution is -2.15. The van der Waals surface area contributed by atoms with Crippen molar-refractivity contribution in [2.75, 3.05) is 0 Å². The lowest BCUT2D eigenvalue weighted by atomic mass is 9.82. The van der Waals surface area contributed by atoms with Gasteiger partial charge in [-0.3, -0.25) is 0 Å². The van der Waals surface area contributed by atoms with Crippen LogP contribution in [0.5, 0.6) is 0 Å². The van der Waals surface area contributed by atoms with Crippen molar-refractivity contribution in [1.82, 2.24) is 19.5 Å². The van der Waals surface area contributed by atoms with E-state index in [2.05, 4.69) is 170 Å². The maximum atomic E-state index is 6.72. The molecule has 278 valence electrons. The Balaban J connectivity index is 0.982. The molecule has 5 nitrogen and oxygen atoms in total. The van der Waals surface area contributed by atoms with E-state index in [1.54, 1.807) is 0 Å². The highest BCUT2D eigenvalue weighted by atomic mass is 16.3. The van der Waals surface area contributed by atoms with E-state index in [0.717, 1.165) is 55.3 Å². The monoisotopic (exact) mass is 756 g/mol. The van der Waals surface area contributed by atoms with Crippen LogP contribution in [0, 0.1) is 0 Å². The Labute approximate surface area is 340 Å². The van der Waals surface area contributed by atoms with Crippen molar-refractivity contribution in [3.63, 3.8) is 0 Å². The zero-order chi connectivity index (χ0) is 39.2. The molecule has 0 spiro atoms. The van der Waals surface area contributed by atoms with Crippen LogP contribution < -0.4 is 0 Å². The number of furan rings is 1. The molecule has 3 heterocycles. The number of para-hydroxylation sites is 1. The Bertz CT molecular complexity index is 3470. The fourth-order valence-corrected chi connectivity index (χ4v) is 9.30. The minimum absolute atomic E-state index is 0.140. The Morgan fingerprint density at radius 1 is 0.390 bits per heavy atom. The van der Waals surface area contributed by atoms with Crippen molar-refractivity contribution in [2.45, 2.75) is 19.3 Å². The molecule has 1 aliphatic rings. The molecule has 1 aliphatic carbocycles. The largest absolute Gasteiger partial charge is 0.456 e. The normalized spacial score (nSPS) is 13.1. The third-order valence-electron chi connectivity index (χ3n) is 12.3. The van der Waals surface area contributed by atoms with Crippen LogP contribution in [-0.2, 0) is 5.41 Å². The summed E-state index contributed by atoms with van der Waals surface area (Å²) in [5, 5.41) is 4.54. The quantitative estimate of drug-likeness (QED) is 0.175. The average Bonchev–Trinajstić information content (AvgIpc) is 3.91. The van der Waals surface area contributed by atoms with E-state index in [4.69, 9.17) is 19.4 Å². The minimum Gasteiger partial charge on any atom is -0.456 e. The molecule has 0 unspecified atom stereocenters. The molecule has 0 aliphatic heterocycles. The molecular formula is C54H36N4O. The van der Waals surface area contributed by atoms with E-state index >= 15 is 0 Å². The minimum atomic E-state index is -0.140. The molecule has 0 N–H and O–H groups in total. The van der Waals surface area contributed by atoms with Crippen LogP contribution in [0.3, 0.4) is 0 Å². The van der Waals surface area contributed by atoms with Gasteiger partial charge in [0.15, 0.2) is 17.5 Å². The van der Waals surface area contributed by atoms with E-state index in [-0.39, 0.29) is 5.41 Å². The van der Waals surface area contributed by atoms with E-state index < -0.39 is 0 Å². The molecule has 59 heavy (non-hydrogen) atoms. The lowest BCUT2D eigenvalue weighted by Gasteiger charge is -2.21. The highest BCUT2D eigenvalue weighted by molar-refractivity contribution is 6.11. The highest BCUT2D eigenvalue weighted by Crippen LogP contribution is 2.49. The number of benzene rings is 8. The summed E-state index contributed by atoms with van der Waals surface area (Å²) in [6.07, 6.45) is 0. The number of hydrogen-bond acceptors (Lipinski definition) is 4. The lowest BCUT2D eigenvalue weighted by molar-refractivity contribution is 0.660. The standard InChI is InChI=1S/C54H36N4O/c1-54(2)45-19-11-9-17-39(45)40-25-22-36(29-46(40)54)52-55-51(34-15-7-4-8-16-34)56-53(57-52)37-23-27-43-44-28-24-38(32-50(44)59-49(43)31-37)58-47-20-12-10-18-41(47)42-26-21-35(30-48(42)58)33-13-5-3-6-14-33/h3-32H,1-2H3. The van der Waals surface area contributed by atoms with Crippen molar-refractivity contribution in [3.8, 4) is 62.1 Å². The van der Waals surface area contributed by atoms with E-state index in [0.29, 0.717) is 17.5 Å². The van der Waals surface area contributed by atoms with Crippen LogP contribution in [0.1, 0.15) is 25.0 Å². The van der Waals surface area contributed by atoms with Gasteiger partial charge in [0.2, 0.25) is 0 Å². The molecule has 0 bridgehead atoms. The van der Waals surface area contributed by atoms with Gasteiger partial charge >= 0.3 is 0 Å². The highest BCUT2D eigenvalue weighted by Gasteiger charge is 2.35. The van der Waals surface area contributed by atoms with Crippen LogP contribution in [0.25, 0.3) is 106 Å². The number of hydrogen-bond donors (Lipinski definition) is 0. The maximum Gasteiger partial charge on any atom is 0.164 e. The van der Waals surface area contributed by atoms with Crippen LogP contribution in [0.4, 0.5) is 0 Å². The zero-order valence-electron chi connectivity index (χ0n) is 32.5. The van der Waals surface area contributed by atoms with Gasteiger partial charge in [0.25, 0.3) is 0 Å². The van der Waals surface area contributed by atoms with Gasteiger partial charge in [-0.15, -0.1) is 0 Å². The maximum absolute atomic E-state index is 6.72. The van der Waals surface area contributed by atoms with Crippen LogP contribution >= 0.6 is 0 Å².